The molecule has 0 N–H and O–H groups in total. The van der Waals surface area contributed by atoms with Crippen molar-refractivity contribution in [1.82, 2.24) is 0 Å². The van der Waals surface area contributed by atoms with Gasteiger partial charge in [0.25, 0.3) is 0 Å². The number of benzene rings is 2. The average molecular weight is 406 g/mol. The number of hydrogen-bond donors (Lipinski definition) is 0. The van der Waals surface area contributed by atoms with Gasteiger partial charge in [-0.25, -0.2) is 8.78 Å². The average Bonchev–Trinajstić information content (AvgIpc) is 2.42. The van der Waals surface area contributed by atoms with Gasteiger partial charge in [-0.15, -0.1) is 0 Å². The highest BCUT2D eigenvalue weighted by Gasteiger charge is 2.15. The van der Waals surface area contributed by atoms with Crippen molar-refractivity contribution in [1.29, 1.82) is 0 Å². The van der Waals surface area contributed by atoms with Crippen LogP contribution in [0.15, 0.2) is 40.9 Å². The van der Waals surface area contributed by atoms with E-state index in [0.717, 1.165) is 21.9 Å². The minimum Gasteiger partial charge on any atom is -0.497 e. The summed E-state index contributed by atoms with van der Waals surface area (Å²) >= 11 is 7.01. The van der Waals surface area contributed by atoms with Crippen molar-refractivity contribution in [2.24, 2.45) is 0 Å². The summed E-state index contributed by atoms with van der Waals surface area (Å²) in [6.07, 6.45) is 0.415. The highest BCUT2D eigenvalue weighted by Crippen LogP contribution is 2.35. The van der Waals surface area contributed by atoms with Crippen molar-refractivity contribution in [2.75, 3.05) is 7.11 Å². The number of hydrogen-bond acceptors (Lipinski definition) is 1. The molecule has 0 aliphatic heterocycles. The van der Waals surface area contributed by atoms with Gasteiger partial charge in [0.2, 0.25) is 0 Å². The zero-order chi connectivity index (χ0) is 14.7. The molecular formula is C15H12Br2F2O. The van der Waals surface area contributed by atoms with Gasteiger partial charge < -0.3 is 4.74 Å². The lowest BCUT2D eigenvalue weighted by atomic mass is 10.0. The maximum absolute atomic E-state index is 13.7. The normalized spacial score (nSPS) is 12.2. The summed E-state index contributed by atoms with van der Waals surface area (Å²) in [4.78, 5) is -0.105. The fourth-order valence-electron chi connectivity index (χ4n) is 1.88. The lowest BCUT2D eigenvalue weighted by Crippen LogP contribution is -2.00. The van der Waals surface area contributed by atoms with Gasteiger partial charge in [-0.1, -0.05) is 37.9 Å². The van der Waals surface area contributed by atoms with Crippen molar-refractivity contribution in [3.63, 3.8) is 0 Å². The molecule has 2 aromatic carbocycles. The topological polar surface area (TPSA) is 9.23 Å². The first-order valence-corrected chi connectivity index (χ1v) is 7.63. The fourth-order valence-corrected chi connectivity index (χ4v) is 3.44. The summed E-state index contributed by atoms with van der Waals surface area (Å²) in [6.45, 7) is 0. The molecule has 0 amide bonds. The van der Waals surface area contributed by atoms with E-state index in [0.29, 0.717) is 12.0 Å². The third-order valence-corrected chi connectivity index (χ3v) is 4.49. The third-order valence-electron chi connectivity index (χ3n) is 2.95. The number of alkyl halides is 1. The summed E-state index contributed by atoms with van der Waals surface area (Å²) in [6, 6.07) is 9.22. The molecule has 1 unspecified atom stereocenters. The molecular weight excluding hydrogens is 394 g/mol. The molecule has 2 rings (SSSR count). The van der Waals surface area contributed by atoms with E-state index in [2.05, 4.69) is 31.9 Å². The molecule has 106 valence electrons. The molecule has 0 aromatic heterocycles. The van der Waals surface area contributed by atoms with Crippen molar-refractivity contribution < 1.29 is 13.5 Å². The molecule has 0 radical (unpaired) electrons. The van der Waals surface area contributed by atoms with Crippen LogP contribution in [0.1, 0.15) is 16.0 Å². The second-order valence-electron chi connectivity index (χ2n) is 4.29. The highest BCUT2D eigenvalue weighted by molar-refractivity contribution is 9.11. The minimum absolute atomic E-state index is 0.105. The summed E-state index contributed by atoms with van der Waals surface area (Å²) < 4.78 is 32.7. The van der Waals surface area contributed by atoms with Crippen LogP contribution in [0.2, 0.25) is 0 Å². The molecule has 0 aliphatic carbocycles. The number of methoxy groups -OCH3 is 1. The van der Waals surface area contributed by atoms with E-state index in [1.807, 2.05) is 18.2 Å². The minimum atomic E-state index is -0.570. The predicted molar refractivity (Wildman–Crippen MR) is 82.4 cm³/mol. The second kappa shape index (κ2) is 6.68. The van der Waals surface area contributed by atoms with Gasteiger partial charge in [-0.2, -0.15) is 0 Å². The van der Waals surface area contributed by atoms with E-state index in [1.54, 1.807) is 7.11 Å². The van der Waals surface area contributed by atoms with E-state index in [9.17, 15) is 8.78 Å². The first-order chi connectivity index (χ1) is 9.51. The van der Waals surface area contributed by atoms with Gasteiger partial charge in [0.05, 0.1) is 7.11 Å². The summed E-state index contributed by atoms with van der Waals surface area (Å²) in [5.74, 6) is -0.374. The van der Waals surface area contributed by atoms with Gasteiger partial charge in [0, 0.05) is 15.4 Å². The van der Waals surface area contributed by atoms with Crippen LogP contribution >= 0.6 is 31.9 Å². The van der Waals surface area contributed by atoms with Crippen LogP contribution in [-0.2, 0) is 6.42 Å². The smallest absolute Gasteiger partial charge is 0.129 e. The van der Waals surface area contributed by atoms with Crippen LogP contribution in [0, 0.1) is 11.6 Å². The molecule has 0 heterocycles. The Bertz CT molecular complexity index is 617. The molecule has 0 spiro atoms. The van der Waals surface area contributed by atoms with Crippen molar-refractivity contribution in [3.8, 4) is 5.75 Å². The maximum Gasteiger partial charge on any atom is 0.129 e. The van der Waals surface area contributed by atoms with E-state index in [1.165, 1.54) is 12.1 Å². The zero-order valence-electron chi connectivity index (χ0n) is 10.7. The van der Waals surface area contributed by atoms with E-state index in [4.69, 9.17) is 4.74 Å². The predicted octanol–water partition coefficient (Wildman–Crippen LogP) is 5.41. The van der Waals surface area contributed by atoms with E-state index >= 15 is 0 Å². The van der Waals surface area contributed by atoms with E-state index in [-0.39, 0.29) is 4.83 Å². The molecule has 0 bridgehead atoms. The van der Waals surface area contributed by atoms with Crippen LogP contribution in [0.4, 0.5) is 8.78 Å². The molecule has 5 heteroatoms. The number of rotatable bonds is 4. The Morgan fingerprint density at radius 2 is 1.90 bits per heavy atom. The zero-order valence-corrected chi connectivity index (χ0v) is 13.8. The fraction of sp³-hybridized carbons (Fsp3) is 0.200. The second-order valence-corrected chi connectivity index (χ2v) is 6.25. The van der Waals surface area contributed by atoms with Gasteiger partial charge in [0.15, 0.2) is 0 Å². The SMILES string of the molecule is COc1ccc(Br)c(C(Br)Cc2ccc(F)cc2F)c1. The maximum atomic E-state index is 13.7. The molecule has 0 fully saturated rings. The van der Waals surface area contributed by atoms with E-state index < -0.39 is 11.6 Å². The third kappa shape index (κ3) is 3.58. The van der Waals surface area contributed by atoms with Crippen LogP contribution in [0.25, 0.3) is 0 Å². The van der Waals surface area contributed by atoms with Crippen molar-refractivity contribution >= 4 is 31.9 Å². The largest absolute Gasteiger partial charge is 0.497 e. The highest BCUT2D eigenvalue weighted by atomic mass is 79.9. The molecule has 1 atom stereocenters. The lowest BCUT2D eigenvalue weighted by molar-refractivity contribution is 0.414. The Kier molecular flexibility index (Phi) is 5.16. The molecule has 20 heavy (non-hydrogen) atoms. The molecule has 1 nitrogen and oxygen atoms in total. The quantitative estimate of drug-likeness (QED) is 0.617. The first-order valence-electron chi connectivity index (χ1n) is 5.92. The summed E-state index contributed by atoms with van der Waals surface area (Å²) in [7, 11) is 1.59. The Morgan fingerprint density at radius 1 is 1.15 bits per heavy atom. The van der Waals surface area contributed by atoms with Crippen LogP contribution in [0.5, 0.6) is 5.75 Å². The van der Waals surface area contributed by atoms with Gasteiger partial charge >= 0.3 is 0 Å². The number of ether oxygens (including phenoxy) is 1. The Labute approximate surface area is 133 Å². The first kappa shape index (κ1) is 15.4. The molecule has 0 saturated carbocycles. The number of halogens is 4. The lowest BCUT2D eigenvalue weighted by Gasteiger charge is -2.14. The Balaban J connectivity index is 2.25. The molecule has 0 aliphatic rings. The summed E-state index contributed by atoms with van der Waals surface area (Å²) in [5.41, 5.74) is 1.41. The Morgan fingerprint density at radius 3 is 2.55 bits per heavy atom. The van der Waals surface area contributed by atoms with Crippen molar-refractivity contribution in [2.45, 2.75) is 11.2 Å². The van der Waals surface area contributed by atoms with Crippen LogP contribution in [-0.4, -0.2) is 7.11 Å². The summed E-state index contributed by atoms with van der Waals surface area (Å²) in [5, 5.41) is 0. The Hall–Kier alpha value is -0.940. The van der Waals surface area contributed by atoms with Gasteiger partial charge in [-0.05, 0) is 41.8 Å². The molecule has 2 aromatic rings. The van der Waals surface area contributed by atoms with Crippen LogP contribution < -0.4 is 4.74 Å². The monoisotopic (exact) mass is 404 g/mol. The molecule has 0 saturated heterocycles. The van der Waals surface area contributed by atoms with Crippen LogP contribution in [0.3, 0.4) is 0 Å². The van der Waals surface area contributed by atoms with Crippen molar-refractivity contribution in [3.05, 3.63) is 63.6 Å². The standard InChI is InChI=1S/C15H12Br2F2O/c1-20-11-4-5-13(16)12(8-11)14(17)6-9-2-3-10(18)7-15(9)19/h2-5,7-8,14H,6H2,1H3. The van der Waals surface area contributed by atoms with Gasteiger partial charge in [-0.3, -0.25) is 0 Å². The van der Waals surface area contributed by atoms with Gasteiger partial charge in [0.1, 0.15) is 17.4 Å².